The summed E-state index contributed by atoms with van der Waals surface area (Å²) in [4.78, 5) is 4.14. The van der Waals surface area contributed by atoms with Gasteiger partial charge in [0.15, 0.2) is 0 Å². The molecule has 1 aliphatic carbocycles. The molecule has 0 bridgehead atoms. The summed E-state index contributed by atoms with van der Waals surface area (Å²) in [7, 11) is 0. The number of halogens is 1. The van der Waals surface area contributed by atoms with E-state index in [0.29, 0.717) is 5.69 Å². The van der Waals surface area contributed by atoms with Crippen LogP contribution >= 0.6 is 0 Å². The minimum Gasteiger partial charge on any atom is -0.377 e. The van der Waals surface area contributed by atoms with Crippen molar-refractivity contribution in [2.75, 3.05) is 0 Å². The van der Waals surface area contributed by atoms with Crippen molar-refractivity contribution < 1.29 is 9.50 Å². The zero-order chi connectivity index (χ0) is 12.3. The molecule has 92 valence electrons. The van der Waals surface area contributed by atoms with Crippen LogP contribution in [0.15, 0.2) is 24.4 Å². The van der Waals surface area contributed by atoms with E-state index in [4.69, 9.17) is 5.84 Å². The maximum absolute atomic E-state index is 13.0. The standard InChI is InChI=1S/C12H16FN3O/c13-10-5-6-15-11(7-10)8-1-3-9(4-2-8)12(17)16-14/h1,5-7,9,12,16-17H,2-4,14H2. The van der Waals surface area contributed by atoms with Crippen molar-refractivity contribution in [3.63, 3.8) is 0 Å². The van der Waals surface area contributed by atoms with Gasteiger partial charge in [0, 0.05) is 12.1 Å². The van der Waals surface area contributed by atoms with E-state index < -0.39 is 6.23 Å². The molecule has 0 saturated heterocycles. The number of pyridine rings is 1. The molecule has 2 atom stereocenters. The van der Waals surface area contributed by atoms with Gasteiger partial charge < -0.3 is 5.11 Å². The molecule has 0 aromatic carbocycles. The minimum atomic E-state index is -0.687. The molecule has 2 unspecified atom stereocenters. The van der Waals surface area contributed by atoms with Crippen molar-refractivity contribution in [1.82, 2.24) is 10.4 Å². The number of allylic oxidation sites excluding steroid dienone is 2. The summed E-state index contributed by atoms with van der Waals surface area (Å²) < 4.78 is 13.0. The highest BCUT2D eigenvalue weighted by Gasteiger charge is 2.21. The van der Waals surface area contributed by atoms with Crippen LogP contribution in [-0.2, 0) is 0 Å². The van der Waals surface area contributed by atoms with Crippen molar-refractivity contribution in [2.24, 2.45) is 11.8 Å². The Labute approximate surface area is 99.3 Å². The molecular weight excluding hydrogens is 221 g/mol. The van der Waals surface area contributed by atoms with Crippen LogP contribution in [0.5, 0.6) is 0 Å². The topological polar surface area (TPSA) is 71.2 Å². The molecule has 4 nitrogen and oxygen atoms in total. The Balaban J connectivity index is 2.08. The second kappa shape index (κ2) is 5.35. The van der Waals surface area contributed by atoms with Crippen molar-refractivity contribution in [2.45, 2.75) is 25.5 Å². The first kappa shape index (κ1) is 12.2. The first-order chi connectivity index (χ1) is 8.20. The lowest BCUT2D eigenvalue weighted by Crippen LogP contribution is -2.41. The number of aliphatic hydroxyl groups is 1. The lowest BCUT2D eigenvalue weighted by Gasteiger charge is -2.25. The molecule has 0 aliphatic heterocycles. The highest BCUT2D eigenvalue weighted by molar-refractivity contribution is 5.63. The van der Waals surface area contributed by atoms with Gasteiger partial charge in [0.1, 0.15) is 12.0 Å². The third kappa shape index (κ3) is 2.88. The van der Waals surface area contributed by atoms with E-state index >= 15 is 0 Å². The molecule has 1 aliphatic rings. The van der Waals surface area contributed by atoms with Gasteiger partial charge in [-0.25, -0.2) is 9.82 Å². The minimum absolute atomic E-state index is 0.109. The summed E-state index contributed by atoms with van der Waals surface area (Å²) in [5.41, 5.74) is 4.06. The summed E-state index contributed by atoms with van der Waals surface area (Å²) in [6.07, 6.45) is 5.09. The number of aliphatic hydroxyl groups excluding tert-OH is 1. The van der Waals surface area contributed by atoms with Crippen LogP contribution in [0.3, 0.4) is 0 Å². The zero-order valence-corrected chi connectivity index (χ0v) is 9.44. The third-order valence-corrected chi connectivity index (χ3v) is 3.12. The third-order valence-electron chi connectivity index (χ3n) is 3.12. The van der Waals surface area contributed by atoms with Gasteiger partial charge in [-0.2, -0.15) is 0 Å². The Bertz CT molecular complexity index is 422. The normalized spacial score (nSPS) is 22.1. The van der Waals surface area contributed by atoms with Crippen LogP contribution in [0, 0.1) is 11.7 Å². The lowest BCUT2D eigenvalue weighted by molar-refractivity contribution is 0.0708. The fraction of sp³-hybridized carbons (Fsp3) is 0.417. The number of aromatic nitrogens is 1. The highest BCUT2D eigenvalue weighted by atomic mass is 19.1. The molecule has 0 spiro atoms. The molecule has 0 fully saturated rings. The molecule has 2 rings (SSSR count). The maximum atomic E-state index is 13.0. The molecule has 1 heterocycles. The van der Waals surface area contributed by atoms with E-state index in [0.717, 1.165) is 24.8 Å². The van der Waals surface area contributed by atoms with Crippen LogP contribution < -0.4 is 11.3 Å². The summed E-state index contributed by atoms with van der Waals surface area (Å²) in [5.74, 6) is 5.02. The van der Waals surface area contributed by atoms with E-state index in [-0.39, 0.29) is 11.7 Å². The van der Waals surface area contributed by atoms with Crippen LogP contribution in [0.4, 0.5) is 4.39 Å². The predicted octanol–water partition coefficient (Wildman–Crippen LogP) is 1.19. The number of rotatable bonds is 3. The number of nitrogens with two attached hydrogens (primary N) is 1. The largest absolute Gasteiger partial charge is 0.377 e. The summed E-state index contributed by atoms with van der Waals surface area (Å²) in [5, 5.41) is 9.54. The van der Waals surface area contributed by atoms with Crippen LogP contribution in [0.25, 0.3) is 5.57 Å². The number of hydrogen-bond acceptors (Lipinski definition) is 4. The van der Waals surface area contributed by atoms with Crippen molar-refractivity contribution in [3.05, 3.63) is 35.9 Å². The summed E-state index contributed by atoms with van der Waals surface area (Å²) in [6, 6.07) is 2.77. The molecule has 4 N–H and O–H groups in total. The van der Waals surface area contributed by atoms with Gasteiger partial charge in [0.2, 0.25) is 0 Å². The molecule has 0 radical (unpaired) electrons. The quantitative estimate of drug-likeness (QED) is 0.419. The smallest absolute Gasteiger partial charge is 0.126 e. The van der Waals surface area contributed by atoms with E-state index in [2.05, 4.69) is 10.4 Å². The Morgan fingerprint density at radius 3 is 3.00 bits per heavy atom. The maximum Gasteiger partial charge on any atom is 0.126 e. The molecule has 5 heteroatoms. The summed E-state index contributed by atoms with van der Waals surface area (Å²) >= 11 is 0. The van der Waals surface area contributed by atoms with Crippen LogP contribution in [0.1, 0.15) is 25.0 Å². The predicted molar refractivity (Wildman–Crippen MR) is 62.8 cm³/mol. The molecule has 1 aromatic rings. The average molecular weight is 237 g/mol. The number of hydrazine groups is 1. The van der Waals surface area contributed by atoms with Crippen LogP contribution in [-0.4, -0.2) is 16.3 Å². The van der Waals surface area contributed by atoms with Crippen LogP contribution in [0.2, 0.25) is 0 Å². The Morgan fingerprint density at radius 2 is 2.41 bits per heavy atom. The van der Waals surface area contributed by atoms with E-state index in [1.54, 1.807) is 0 Å². The fourth-order valence-electron chi connectivity index (χ4n) is 2.09. The Hall–Kier alpha value is -1.30. The van der Waals surface area contributed by atoms with E-state index in [9.17, 15) is 9.50 Å². The second-order valence-corrected chi connectivity index (χ2v) is 4.23. The fourth-order valence-corrected chi connectivity index (χ4v) is 2.09. The first-order valence-corrected chi connectivity index (χ1v) is 5.66. The van der Waals surface area contributed by atoms with E-state index in [1.807, 2.05) is 6.08 Å². The highest BCUT2D eigenvalue weighted by Crippen LogP contribution is 2.30. The first-order valence-electron chi connectivity index (χ1n) is 5.66. The van der Waals surface area contributed by atoms with Gasteiger partial charge in [0.05, 0.1) is 5.69 Å². The number of hydrogen-bond donors (Lipinski definition) is 3. The molecule has 1 aromatic heterocycles. The summed E-state index contributed by atoms with van der Waals surface area (Å²) in [6.45, 7) is 0. The van der Waals surface area contributed by atoms with Crippen molar-refractivity contribution in [1.29, 1.82) is 0 Å². The lowest BCUT2D eigenvalue weighted by atomic mass is 9.87. The van der Waals surface area contributed by atoms with Gasteiger partial charge in [0.25, 0.3) is 0 Å². The SMILES string of the molecule is NNC(O)C1CC=C(c2cc(F)ccn2)CC1. The second-order valence-electron chi connectivity index (χ2n) is 4.23. The molecule has 17 heavy (non-hydrogen) atoms. The zero-order valence-electron chi connectivity index (χ0n) is 9.44. The molecule has 0 saturated carbocycles. The van der Waals surface area contributed by atoms with Gasteiger partial charge >= 0.3 is 0 Å². The van der Waals surface area contributed by atoms with Crippen molar-refractivity contribution >= 4 is 5.57 Å². The monoisotopic (exact) mass is 237 g/mol. The van der Waals surface area contributed by atoms with Gasteiger partial charge in [-0.05, 0) is 37.0 Å². The number of nitrogens with zero attached hydrogens (tertiary/aromatic N) is 1. The Kier molecular flexibility index (Phi) is 3.83. The Morgan fingerprint density at radius 1 is 1.59 bits per heavy atom. The molecular formula is C12H16FN3O. The number of nitrogens with one attached hydrogen (secondary N) is 1. The van der Waals surface area contributed by atoms with E-state index in [1.165, 1.54) is 18.3 Å². The van der Waals surface area contributed by atoms with Gasteiger partial charge in [-0.3, -0.25) is 10.8 Å². The van der Waals surface area contributed by atoms with Gasteiger partial charge in [-0.15, -0.1) is 0 Å². The molecule has 0 amide bonds. The van der Waals surface area contributed by atoms with Gasteiger partial charge in [-0.1, -0.05) is 6.08 Å². The van der Waals surface area contributed by atoms with Crippen molar-refractivity contribution in [3.8, 4) is 0 Å². The average Bonchev–Trinajstić information content (AvgIpc) is 2.38.